The van der Waals surface area contributed by atoms with Crippen LogP contribution in [0.15, 0.2) is 0 Å². The molecule has 0 aromatic carbocycles. The highest BCUT2D eigenvalue weighted by Gasteiger charge is 2.16. The van der Waals surface area contributed by atoms with Crippen molar-refractivity contribution < 1.29 is 0 Å². The fourth-order valence-corrected chi connectivity index (χ4v) is 6.11. The first-order valence-electron chi connectivity index (χ1n) is 18.2. The first-order chi connectivity index (χ1) is 19.3. The Hall–Kier alpha value is -0.160. The van der Waals surface area contributed by atoms with Crippen LogP contribution in [0.25, 0.3) is 0 Å². The highest BCUT2D eigenvalue weighted by molar-refractivity contribution is 4.76. The van der Waals surface area contributed by atoms with E-state index in [1.165, 1.54) is 200 Å². The van der Waals surface area contributed by atoms with Gasteiger partial charge in [-0.3, -0.25) is 4.90 Å². The van der Waals surface area contributed by atoms with Gasteiger partial charge >= 0.3 is 0 Å². The molecule has 234 valence electrons. The SMILES string of the molecule is CCCCCCCCCNC(CCCCCCCCC)CN(CCCCCCCCC)CCN1CCNCC1. The van der Waals surface area contributed by atoms with Gasteiger partial charge in [0.25, 0.3) is 0 Å². The van der Waals surface area contributed by atoms with Crippen molar-refractivity contribution in [3.63, 3.8) is 0 Å². The van der Waals surface area contributed by atoms with Crippen molar-refractivity contribution in [3.8, 4) is 0 Å². The average Bonchev–Trinajstić information content (AvgIpc) is 2.96. The van der Waals surface area contributed by atoms with Gasteiger partial charge in [0.2, 0.25) is 0 Å². The highest BCUT2D eigenvalue weighted by atomic mass is 15.2. The number of hydrogen-bond acceptors (Lipinski definition) is 4. The van der Waals surface area contributed by atoms with E-state index in [1.54, 1.807) is 0 Å². The molecule has 1 fully saturated rings. The van der Waals surface area contributed by atoms with Gasteiger partial charge in [-0.1, -0.05) is 143 Å². The maximum atomic E-state index is 4.06. The molecular formula is C35H74N4. The highest BCUT2D eigenvalue weighted by Crippen LogP contribution is 2.13. The van der Waals surface area contributed by atoms with Crippen molar-refractivity contribution in [2.45, 2.75) is 168 Å². The van der Waals surface area contributed by atoms with E-state index < -0.39 is 0 Å². The molecule has 1 aliphatic rings. The fourth-order valence-electron chi connectivity index (χ4n) is 6.11. The molecule has 0 bridgehead atoms. The molecule has 0 saturated carbocycles. The zero-order chi connectivity index (χ0) is 28.1. The van der Waals surface area contributed by atoms with Crippen molar-refractivity contribution >= 4 is 0 Å². The van der Waals surface area contributed by atoms with Crippen molar-refractivity contribution in [2.75, 3.05) is 58.9 Å². The lowest BCUT2D eigenvalue weighted by Gasteiger charge is -2.32. The van der Waals surface area contributed by atoms with Gasteiger partial charge < -0.3 is 15.5 Å². The van der Waals surface area contributed by atoms with E-state index in [2.05, 4.69) is 41.2 Å². The zero-order valence-electron chi connectivity index (χ0n) is 27.4. The van der Waals surface area contributed by atoms with Crippen LogP contribution in [-0.4, -0.2) is 74.7 Å². The average molecular weight is 551 g/mol. The summed E-state index contributed by atoms with van der Waals surface area (Å²) in [6.45, 7) is 18.0. The summed E-state index contributed by atoms with van der Waals surface area (Å²) in [5, 5.41) is 7.59. The monoisotopic (exact) mass is 551 g/mol. The van der Waals surface area contributed by atoms with Gasteiger partial charge in [-0.05, 0) is 32.4 Å². The molecule has 0 aromatic rings. The molecule has 0 spiro atoms. The van der Waals surface area contributed by atoms with Crippen LogP contribution in [0, 0.1) is 0 Å². The second kappa shape index (κ2) is 29.3. The lowest BCUT2D eigenvalue weighted by molar-refractivity contribution is 0.173. The van der Waals surface area contributed by atoms with E-state index in [1.807, 2.05) is 0 Å². The van der Waals surface area contributed by atoms with Crippen LogP contribution in [0.1, 0.15) is 162 Å². The summed E-state index contributed by atoms with van der Waals surface area (Å²) in [6.07, 6.45) is 31.0. The molecule has 4 heteroatoms. The van der Waals surface area contributed by atoms with E-state index in [0.717, 1.165) is 0 Å². The van der Waals surface area contributed by atoms with E-state index in [4.69, 9.17) is 0 Å². The van der Waals surface area contributed by atoms with E-state index in [0.29, 0.717) is 6.04 Å². The molecule has 1 heterocycles. The molecule has 39 heavy (non-hydrogen) atoms. The predicted octanol–water partition coefficient (Wildman–Crippen LogP) is 8.79. The van der Waals surface area contributed by atoms with Gasteiger partial charge in [-0.25, -0.2) is 0 Å². The fraction of sp³-hybridized carbons (Fsp3) is 1.00. The van der Waals surface area contributed by atoms with Crippen LogP contribution in [0.3, 0.4) is 0 Å². The minimum atomic E-state index is 0.674. The smallest absolute Gasteiger partial charge is 0.0195 e. The van der Waals surface area contributed by atoms with Crippen LogP contribution in [0.2, 0.25) is 0 Å². The maximum absolute atomic E-state index is 4.06. The Morgan fingerprint density at radius 2 is 1.08 bits per heavy atom. The predicted molar refractivity (Wildman–Crippen MR) is 176 cm³/mol. The second-order valence-corrected chi connectivity index (χ2v) is 12.7. The molecule has 2 N–H and O–H groups in total. The van der Waals surface area contributed by atoms with E-state index in [9.17, 15) is 0 Å². The van der Waals surface area contributed by atoms with Crippen LogP contribution < -0.4 is 10.6 Å². The number of nitrogens with zero attached hydrogens (tertiary/aromatic N) is 2. The van der Waals surface area contributed by atoms with Crippen LogP contribution in [-0.2, 0) is 0 Å². The third kappa shape index (κ3) is 24.2. The first kappa shape index (κ1) is 36.9. The van der Waals surface area contributed by atoms with Gasteiger partial charge in [-0.15, -0.1) is 0 Å². The Morgan fingerprint density at radius 1 is 0.590 bits per heavy atom. The molecule has 1 rings (SSSR count). The summed E-state index contributed by atoms with van der Waals surface area (Å²) in [4.78, 5) is 5.53. The molecule has 0 amide bonds. The van der Waals surface area contributed by atoms with E-state index >= 15 is 0 Å². The topological polar surface area (TPSA) is 30.5 Å². The van der Waals surface area contributed by atoms with Gasteiger partial charge in [0, 0.05) is 51.9 Å². The Kier molecular flexibility index (Phi) is 27.7. The first-order valence-corrected chi connectivity index (χ1v) is 18.2. The molecule has 0 aliphatic carbocycles. The maximum Gasteiger partial charge on any atom is 0.0195 e. The Bertz CT molecular complexity index is 466. The minimum absolute atomic E-state index is 0.674. The summed E-state index contributed by atoms with van der Waals surface area (Å²) in [7, 11) is 0. The second-order valence-electron chi connectivity index (χ2n) is 12.7. The van der Waals surface area contributed by atoms with Crippen LogP contribution in [0.4, 0.5) is 0 Å². The summed E-state index contributed by atoms with van der Waals surface area (Å²) in [5.74, 6) is 0. The van der Waals surface area contributed by atoms with Gasteiger partial charge in [0.1, 0.15) is 0 Å². The third-order valence-corrected chi connectivity index (χ3v) is 8.87. The van der Waals surface area contributed by atoms with Crippen LogP contribution >= 0.6 is 0 Å². The molecule has 1 saturated heterocycles. The Labute approximate surface area is 247 Å². The number of nitrogens with one attached hydrogen (secondary N) is 2. The normalized spacial score (nSPS) is 15.4. The number of hydrogen-bond donors (Lipinski definition) is 2. The van der Waals surface area contributed by atoms with Gasteiger partial charge in [-0.2, -0.15) is 0 Å². The minimum Gasteiger partial charge on any atom is -0.314 e. The van der Waals surface area contributed by atoms with E-state index in [-0.39, 0.29) is 0 Å². The molecule has 4 nitrogen and oxygen atoms in total. The number of unbranched alkanes of at least 4 members (excludes halogenated alkanes) is 18. The lowest BCUT2D eigenvalue weighted by atomic mass is 10.0. The van der Waals surface area contributed by atoms with Crippen molar-refractivity contribution in [3.05, 3.63) is 0 Å². The molecule has 0 aromatic heterocycles. The van der Waals surface area contributed by atoms with Crippen LogP contribution in [0.5, 0.6) is 0 Å². The molecular weight excluding hydrogens is 476 g/mol. The summed E-state index contributed by atoms with van der Waals surface area (Å²) >= 11 is 0. The molecule has 1 unspecified atom stereocenters. The summed E-state index contributed by atoms with van der Waals surface area (Å²) in [6, 6.07) is 0.674. The molecule has 0 radical (unpaired) electrons. The summed E-state index contributed by atoms with van der Waals surface area (Å²) in [5.41, 5.74) is 0. The Morgan fingerprint density at radius 3 is 1.64 bits per heavy atom. The number of rotatable bonds is 30. The third-order valence-electron chi connectivity index (χ3n) is 8.87. The van der Waals surface area contributed by atoms with Crippen molar-refractivity contribution in [1.29, 1.82) is 0 Å². The summed E-state index contributed by atoms with van der Waals surface area (Å²) < 4.78 is 0. The van der Waals surface area contributed by atoms with Crippen molar-refractivity contribution in [1.82, 2.24) is 20.4 Å². The number of piperazine rings is 1. The largest absolute Gasteiger partial charge is 0.314 e. The Balaban J connectivity index is 2.50. The van der Waals surface area contributed by atoms with Gasteiger partial charge in [0.05, 0.1) is 0 Å². The zero-order valence-corrected chi connectivity index (χ0v) is 27.4. The molecule has 1 atom stereocenters. The molecule has 1 aliphatic heterocycles. The van der Waals surface area contributed by atoms with Crippen molar-refractivity contribution in [2.24, 2.45) is 0 Å². The lowest BCUT2D eigenvalue weighted by Crippen LogP contribution is -2.48. The van der Waals surface area contributed by atoms with Gasteiger partial charge in [0.15, 0.2) is 0 Å². The standard InChI is InChI=1S/C35H74N4/c1-4-7-10-13-16-19-22-25-35(37-26-23-20-17-14-11-8-5-2)34-39(29-24-21-18-15-12-9-6-3)33-32-38-30-27-36-28-31-38/h35-37H,4-34H2,1-3H3. The quantitative estimate of drug-likeness (QED) is 0.0875.